The highest BCUT2D eigenvalue weighted by molar-refractivity contribution is 7.89. The molecule has 0 bridgehead atoms. The molecular formula is C33H36F3N3O5S. The molecule has 0 saturated heterocycles. The quantitative estimate of drug-likeness (QED) is 0.298. The molecular weight excluding hydrogens is 607 g/mol. The Morgan fingerprint density at radius 1 is 1.04 bits per heavy atom. The Labute approximate surface area is 260 Å². The molecule has 8 nitrogen and oxygen atoms in total. The number of hydrogen-bond acceptors (Lipinski definition) is 5. The fourth-order valence-corrected chi connectivity index (χ4v) is 7.06. The van der Waals surface area contributed by atoms with E-state index >= 15 is 0 Å². The summed E-state index contributed by atoms with van der Waals surface area (Å²) in [5.74, 6) is -0.685. The Morgan fingerprint density at radius 3 is 2.36 bits per heavy atom. The number of sulfonamides is 1. The summed E-state index contributed by atoms with van der Waals surface area (Å²) in [6, 6.07) is 18.1. The molecule has 5 rings (SSSR count). The van der Waals surface area contributed by atoms with E-state index in [9.17, 15) is 31.5 Å². The van der Waals surface area contributed by atoms with Crippen molar-refractivity contribution in [3.63, 3.8) is 0 Å². The molecule has 12 heteroatoms. The minimum absolute atomic E-state index is 0.117. The smallest absolute Gasteiger partial charge is 0.394 e. The molecule has 1 aliphatic rings. The van der Waals surface area contributed by atoms with Crippen LogP contribution in [0.5, 0.6) is 0 Å². The lowest BCUT2D eigenvalue weighted by Gasteiger charge is -2.35. The van der Waals surface area contributed by atoms with Crippen LogP contribution < -0.4 is 0 Å². The summed E-state index contributed by atoms with van der Waals surface area (Å²) in [5.41, 5.74) is 2.75. The number of fused-ring (bicyclic) bond motifs is 5. The Hall–Kier alpha value is -3.71. The van der Waals surface area contributed by atoms with Crippen molar-refractivity contribution in [2.75, 3.05) is 26.7 Å². The number of carbonyl (C=O) groups excluding carboxylic acids is 1. The van der Waals surface area contributed by atoms with Crippen molar-refractivity contribution in [2.45, 2.75) is 43.7 Å². The maximum absolute atomic E-state index is 14.5. The average molecular weight is 644 g/mol. The van der Waals surface area contributed by atoms with Gasteiger partial charge in [-0.1, -0.05) is 49.4 Å². The van der Waals surface area contributed by atoms with E-state index in [1.807, 2.05) is 67.1 Å². The lowest BCUT2D eigenvalue weighted by molar-refractivity contribution is -0.137. The SMILES string of the molecule is C[C@@H]1CN([C@@H](C)CO)C(=O)c2c(c3ccccc3n2C)-c2ccccc2CO[C@H]1CN(C)S(=O)(=O)c1ccc(C(F)(F)F)cc1. The number of likely N-dealkylation sites (N-methyl/N-ethyl adjacent to an activating group) is 1. The molecule has 45 heavy (non-hydrogen) atoms. The predicted molar refractivity (Wildman–Crippen MR) is 165 cm³/mol. The van der Waals surface area contributed by atoms with Gasteiger partial charge in [0.05, 0.1) is 35.8 Å². The number of hydrogen-bond donors (Lipinski definition) is 1. The average Bonchev–Trinajstić information content (AvgIpc) is 3.31. The Kier molecular flexibility index (Phi) is 9.14. The summed E-state index contributed by atoms with van der Waals surface area (Å²) >= 11 is 0. The van der Waals surface area contributed by atoms with Gasteiger partial charge in [0.1, 0.15) is 5.69 Å². The Balaban J connectivity index is 1.56. The number of rotatable bonds is 6. The van der Waals surface area contributed by atoms with Crippen LogP contribution in [0.4, 0.5) is 13.2 Å². The number of alkyl halides is 3. The van der Waals surface area contributed by atoms with Gasteiger partial charge < -0.3 is 19.3 Å². The van der Waals surface area contributed by atoms with Crippen LogP contribution in [-0.4, -0.2) is 72.1 Å². The molecule has 0 radical (unpaired) electrons. The van der Waals surface area contributed by atoms with E-state index in [1.54, 1.807) is 11.8 Å². The van der Waals surface area contributed by atoms with Gasteiger partial charge in [0, 0.05) is 49.6 Å². The van der Waals surface area contributed by atoms with E-state index < -0.39 is 39.8 Å². The van der Waals surface area contributed by atoms with E-state index in [1.165, 1.54) is 7.05 Å². The summed E-state index contributed by atoms with van der Waals surface area (Å²) in [7, 11) is -0.986. The van der Waals surface area contributed by atoms with Crippen molar-refractivity contribution < 1.29 is 36.2 Å². The normalized spacial score (nSPS) is 18.9. The third kappa shape index (κ3) is 6.24. The number of nitrogens with zero attached hydrogens (tertiary/aromatic N) is 3. The topological polar surface area (TPSA) is 92.1 Å². The Bertz CT molecular complexity index is 1800. The molecule has 1 aliphatic heterocycles. The van der Waals surface area contributed by atoms with Gasteiger partial charge in [-0.15, -0.1) is 0 Å². The number of halogens is 3. The van der Waals surface area contributed by atoms with Crippen LogP contribution in [0.2, 0.25) is 0 Å². The molecule has 4 aromatic rings. The first kappa shape index (κ1) is 32.7. The number of aliphatic hydroxyl groups excluding tert-OH is 1. The molecule has 1 N–H and O–H groups in total. The van der Waals surface area contributed by atoms with E-state index in [4.69, 9.17) is 4.74 Å². The zero-order valence-electron chi connectivity index (χ0n) is 25.5. The summed E-state index contributed by atoms with van der Waals surface area (Å²) < 4.78 is 75.5. The first-order valence-electron chi connectivity index (χ1n) is 14.6. The van der Waals surface area contributed by atoms with Crippen molar-refractivity contribution in [2.24, 2.45) is 13.0 Å². The van der Waals surface area contributed by atoms with Crippen molar-refractivity contribution in [1.82, 2.24) is 13.8 Å². The predicted octanol–water partition coefficient (Wildman–Crippen LogP) is 5.54. The van der Waals surface area contributed by atoms with Crippen LogP contribution in [0.1, 0.15) is 35.5 Å². The number of para-hydroxylation sites is 1. The van der Waals surface area contributed by atoms with Gasteiger partial charge in [0.15, 0.2) is 0 Å². The first-order chi connectivity index (χ1) is 21.3. The lowest BCUT2D eigenvalue weighted by Crippen LogP contribution is -2.48. The highest BCUT2D eigenvalue weighted by Crippen LogP contribution is 2.38. The van der Waals surface area contributed by atoms with Crippen LogP contribution in [0.25, 0.3) is 22.0 Å². The molecule has 0 spiro atoms. The van der Waals surface area contributed by atoms with Gasteiger partial charge in [0.25, 0.3) is 5.91 Å². The van der Waals surface area contributed by atoms with Crippen molar-refractivity contribution >= 4 is 26.8 Å². The monoisotopic (exact) mass is 643 g/mol. The molecule has 0 aliphatic carbocycles. The largest absolute Gasteiger partial charge is 0.416 e. The van der Waals surface area contributed by atoms with E-state index in [-0.39, 0.29) is 37.1 Å². The summed E-state index contributed by atoms with van der Waals surface area (Å²) in [5, 5.41) is 11.1. The van der Waals surface area contributed by atoms with Gasteiger partial charge in [-0.2, -0.15) is 17.5 Å². The molecule has 240 valence electrons. The van der Waals surface area contributed by atoms with Gasteiger partial charge in [-0.25, -0.2) is 8.42 Å². The van der Waals surface area contributed by atoms with Gasteiger partial charge in [-0.05, 0) is 48.4 Å². The number of amides is 1. The number of aromatic nitrogens is 1. The van der Waals surface area contributed by atoms with Gasteiger partial charge >= 0.3 is 6.18 Å². The van der Waals surface area contributed by atoms with Crippen molar-refractivity contribution in [3.05, 3.63) is 89.6 Å². The minimum Gasteiger partial charge on any atom is -0.394 e. The molecule has 0 unspecified atom stereocenters. The number of aryl methyl sites for hydroxylation is 1. The third-order valence-electron chi connectivity index (χ3n) is 8.55. The number of benzene rings is 3. The molecule has 3 aromatic carbocycles. The molecule has 2 heterocycles. The van der Waals surface area contributed by atoms with Crippen LogP contribution in [0.3, 0.4) is 0 Å². The molecule has 0 saturated carbocycles. The number of aliphatic hydroxyl groups is 1. The minimum atomic E-state index is -4.59. The maximum Gasteiger partial charge on any atom is 0.416 e. The van der Waals surface area contributed by atoms with Crippen LogP contribution >= 0.6 is 0 Å². The van der Waals surface area contributed by atoms with Crippen LogP contribution in [0.15, 0.2) is 77.7 Å². The van der Waals surface area contributed by atoms with Crippen molar-refractivity contribution in [1.29, 1.82) is 0 Å². The first-order valence-corrected chi connectivity index (χ1v) is 16.0. The number of ether oxygens (including phenoxy) is 1. The Morgan fingerprint density at radius 2 is 1.69 bits per heavy atom. The van der Waals surface area contributed by atoms with E-state index in [2.05, 4.69) is 0 Å². The highest BCUT2D eigenvalue weighted by Gasteiger charge is 2.35. The van der Waals surface area contributed by atoms with E-state index in [0.717, 1.165) is 56.2 Å². The summed E-state index contributed by atoms with van der Waals surface area (Å²) in [6.07, 6.45) is -5.31. The van der Waals surface area contributed by atoms with Gasteiger partial charge in [0.2, 0.25) is 10.0 Å². The second kappa shape index (κ2) is 12.6. The molecule has 0 fully saturated rings. The van der Waals surface area contributed by atoms with Crippen LogP contribution in [-0.2, 0) is 34.6 Å². The number of carbonyl (C=O) groups is 1. The zero-order chi connectivity index (χ0) is 32.7. The summed E-state index contributed by atoms with van der Waals surface area (Å²) in [6.45, 7) is 3.44. The van der Waals surface area contributed by atoms with Gasteiger partial charge in [-0.3, -0.25) is 4.79 Å². The second-order valence-corrected chi connectivity index (χ2v) is 13.6. The second-order valence-electron chi connectivity index (χ2n) is 11.6. The molecule has 1 aromatic heterocycles. The van der Waals surface area contributed by atoms with Crippen LogP contribution in [0, 0.1) is 5.92 Å². The fourth-order valence-electron chi connectivity index (χ4n) is 5.87. The zero-order valence-corrected chi connectivity index (χ0v) is 26.3. The summed E-state index contributed by atoms with van der Waals surface area (Å²) in [4.78, 5) is 15.8. The highest BCUT2D eigenvalue weighted by atomic mass is 32.2. The fraction of sp³-hybridized carbons (Fsp3) is 0.364. The standard InChI is InChI=1S/C33H36F3N3O5S/c1-21-17-39(22(2)19-40)32(41)31-30(27-11-7-8-12-28(27)38(31)4)26-10-6-5-9-23(26)20-44-29(21)18-37(3)45(42,43)25-15-13-24(14-16-25)33(34,35)36/h5-16,21-22,29,40H,17-20H2,1-4H3/t21-,22+,29+/m1/s1. The lowest BCUT2D eigenvalue weighted by atomic mass is 9.96. The molecule has 3 atom stereocenters. The van der Waals surface area contributed by atoms with E-state index in [0.29, 0.717) is 5.69 Å². The van der Waals surface area contributed by atoms with Crippen molar-refractivity contribution in [3.8, 4) is 11.1 Å². The maximum atomic E-state index is 14.5. The third-order valence-corrected chi connectivity index (χ3v) is 10.4. The molecule has 1 amide bonds.